The minimum absolute atomic E-state index is 0.142. The number of rotatable bonds is 3. The molecule has 25 heavy (non-hydrogen) atoms. The fourth-order valence-electron chi connectivity index (χ4n) is 2.87. The summed E-state index contributed by atoms with van der Waals surface area (Å²) in [6.45, 7) is 3.44. The monoisotopic (exact) mass is 331 g/mol. The molecular weight excluding hydrogens is 314 g/mol. The van der Waals surface area contributed by atoms with E-state index in [9.17, 15) is 4.79 Å². The van der Waals surface area contributed by atoms with Crippen molar-refractivity contribution in [3.8, 4) is 23.1 Å². The lowest BCUT2D eigenvalue weighted by molar-refractivity contribution is -0.114. The van der Waals surface area contributed by atoms with Crippen molar-refractivity contribution in [1.82, 2.24) is 4.98 Å². The summed E-state index contributed by atoms with van der Waals surface area (Å²) in [4.78, 5) is 16.2. The number of carbonyl (C=O) groups is 1. The molecule has 0 spiro atoms. The number of anilines is 1. The van der Waals surface area contributed by atoms with Crippen LogP contribution in [0.3, 0.4) is 0 Å². The number of carbonyl (C=O) groups excluding carboxylic acids is 1. The summed E-state index contributed by atoms with van der Waals surface area (Å²) in [5.41, 5.74) is 4.52. The van der Waals surface area contributed by atoms with E-state index in [0.29, 0.717) is 22.5 Å². The molecule has 0 atom stereocenters. The molecule has 2 aromatic carbocycles. The molecule has 0 saturated heterocycles. The quantitative estimate of drug-likeness (QED) is 0.785. The maximum absolute atomic E-state index is 11.5. The van der Waals surface area contributed by atoms with Gasteiger partial charge < -0.3 is 10.1 Å². The molecule has 0 aliphatic heterocycles. The lowest BCUT2D eigenvalue weighted by Crippen LogP contribution is -2.07. The highest BCUT2D eigenvalue weighted by molar-refractivity contribution is 6.04. The van der Waals surface area contributed by atoms with Gasteiger partial charge in [0.15, 0.2) is 0 Å². The van der Waals surface area contributed by atoms with Crippen LogP contribution in [0.25, 0.3) is 22.2 Å². The van der Waals surface area contributed by atoms with Gasteiger partial charge in [-0.25, -0.2) is 4.98 Å². The van der Waals surface area contributed by atoms with Gasteiger partial charge in [-0.15, -0.1) is 0 Å². The summed E-state index contributed by atoms with van der Waals surface area (Å²) >= 11 is 0. The zero-order valence-corrected chi connectivity index (χ0v) is 14.3. The number of methoxy groups -OCH3 is 1. The Bertz CT molecular complexity index is 1020. The molecule has 0 unspecified atom stereocenters. The molecule has 3 aromatic rings. The van der Waals surface area contributed by atoms with Crippen LogP contribution in [0.2, 0.25) is 0 Å². The van der Waals surface area contributed by atoms with Crippen LogP contribution in [-0.2, 0) is 4.79 Å². The highest BCUT2D eigenvalue weighted by Crippen LogP contribution is 2.35. The summed E-state index contributed by atoms with van der Waals surface area (Å²) < 4.78 is 5.45. The number of fused-ring (bicyclic) bond motifs is 1. The molecule has 1 heterocycles. The Hall–Kier alpha value is -3.39. The van der Waals surface area contributed by atoms with Crippen molar-refractivity contribution in [3.05, 3.63) is 53.6 Å². The molecule has 0 fully saturated rings. The first-order valence-electron chi connectivity index (χ1n) is 7.80. The lowest BCUT2D eigenvalue weighted by Gasteiger charge is -2.14. The van der Waals surface area contributed by atoms with Crippen molar-refractivity contribution in [2.75, 3.05) is 12.4 Å². The smallest absolute Gasteiger partial charge is 0.221 e. The summed E-state index contributed by atoms with van der Waals surface area (Å²) in [6, 6.07) is 15.0. The number of nitriles is 1. The predicted octanol–water partition coefficient (Wildman–Crippen LogP) is 4.05. The van der Waals surface area contributed by atoms with E-state index in [1.165, 1.54) is 6.92 Å². The van der Waals surface area contributed by atoms with Crippen molar-refractivity contribution in [1.29, 1.82) is 5.26 Å². The number of aryl methyl sites for hydroxylation is 1. The summed E-state index contributed by atoms with van der Waals surface area (Å²) in [7, 11) is 1.59. The van der Waals surface area contributed by atoms with Crippen LogP contribution in [0.1, 0.15) is 18.1 Å². The molecule has 0 aliphatic rings. The van der Waals surface area contributed by atoms with Crippen molar-refractivity contribution in [2.45, 2.75) is 13.8 Å². The maximum atomic E-state index is 11.5. The minimum atomic E-state index is -0.142. The van der Waals surface area contributed by atoms with Crippen molar-refractivity contribution >= 4 is 22.5 Å². The SMILES string of the molecule is COc1ccc(NC(C)=O)c2c(C)cc(-c3cccc(C#N)c3)nc12. The second-order valence-corrected chi connectivity index (χ2v) is 5.74. The molecule has 1 amide bonds. The standard InChI is InChI=1S/C20H17N3O2/c1-12-9-17(15-6-4-5-14(10-15)11-21)23-20-18(25-3)8-7-16(19(12)20)22-13(2)24/h4-10H,1-3H3,(H,22,24). The fourth-order valence-corrected chi connectivity index (χ4v) is 2.87. The van der Waals surface area contributed by atoms with E-state index in [2.05, 4.69) is 11.4 Å². The molecule has 0 saturated carbocycles. The van der Waals surface area contributed by atoms with E-state index in [1.807, 2.05) is 31.2 Å². The van der Waals surface area contributed by atoms with Gasteiger partial charge in [-0.05, 0) is 42.8 Å². The summed E-state index contributed by atoms with van der Waals surface area (Å²) in [5, 5.41) is 12.8. The van der Waals surface area contributed by atoms with Crippen LogP contribution < -0.4 is 10.1 Å². The number of pyridine rings is 1. The topological polar surface area (TPSA) is 75.0 Å². The minimum Gasteiger partial charge on any atom is -0.494 e. The molecule has 0 bridgehead atoms. The molecule has 1 N–H and O–H groups in total. The third kappa shape index (κ3) is 3.15. The Morgan fingerprint density at radius 2 is 2.04 bits per heavy atom. The Kier molecular flexibility index (Phi) is 4.36. The van der Waals surface area contributed by atoms with E-state index < -0.39 is 0 Å². The number of nitrogens with zero attached hydrogens (tertiary/aromatic N) is 2. The van der Waals surface area contributed by atoms with Gasteiger partial charge in [0.1, 0.15) is 11.3 Å². The van der Waals surface area contributed by atoms with Crippen molar-refractivity contribution < 1.29 is 9.53 Å². The molecule has 1 aromatic heterocycles. The Labute approximate surface area is 145 Å². The molecule has 0 aliphatic carbocycles. The first kappa shape index (κ1) is 16.5. The number of nitrogens with one attached hydrogen (secondary N) is 1. The highest BCUT2D eigenvalue weighted by Gasteiger charge is 2.14. The van der Waals surface area contributed by atoms with Crippen LogP contribution >= 0.6 is 0 Å². The van der Waals surface area contributed by atoms with Gasteiger partial charge in [-0.1, -0.05) is 12.1 Å². The van der Waals surface area contributed by atoms with Gasteiger partial charge in [0.25, 0.3) is 0 Å². The molecule has 5 heteroatoms. The molecule has 3 rings (SSSR count). The van der Waals surface area contributed by atoms with Crippen LogP contribution in [0.5, 0.6) is 5.75 Å². The predicted molar refractivity (Wildman–Crippen MR) is 97.5 cm³/mol. The summed E-state index contributed by atoms with van der Waals surface area (Å²) in [5.74, 6) is 0.488. The Morgan fingerprint density at radius 1 is 1.24 bits per heavy atom. The number of aromatic nitrogens is 1. The van der Waals surface area contributed by atoms with Gasteiger partial charge in [0, 0.05) is 17.9 Å². The van der Waals surface area contributed by atoms with Gasteiger partial charge in [0.2, 0.25) is 5.91 Å². The fraction of sp³-hybridized carbons (Fsp3) is 0.150. The van der Waals surface area contributed by atoms with E-state index in [4.69, 9.17) is 15.0 Å². The number of hydrogen-bond donors (Lipinski definition) is 1. The number of hydrogen-bond acceptors (Lipinski definition) is 4. The van der Waals surface area contributed by atoms with Gasteiger partial charge >= 0.3 is 0 Å². The second kappa shape index (κ2) is 6.62. The molecule has 124 valence electrons. The number of amides is 1. The van der Waals surface area contributed by atoms with Gasteiger partial charge in [-0.2, -0.15) is 5.26 Å². The largest absolute Gasteiger partial charge is 0.494 e. The van der Waals surface area contributed by atoms with E-state index >= 15 is 0 Å². The average molecular weight is 331 g/mol. The van der Waals surface area contributed by atoms with Gasteiger partial charge in [-0.3, -0.25) is 4.79 Å². The zero-order chi connectivity index (χ0) is 18.0. The number of benzene rings is 2. The molecule has 5 nitrogen and oxygen atoms in total. The Balaban J connectivity index is 2.28. The van der Waals surface area contributed by atoms with E-state index in [-0.39, 0.29) is 5.91 Å². The highest BCUT2D eigenvalue weighted by atomic mass is 16.5. The average Bonchev–Trinajstić information content (AvgIpc) is 2.61. The normalized spacial score (nSPS) is 10.3. The van der Waals surface area contributed by atoms with Crippen LogP contribution in [0.15, 0.2) is 42.5 Å². The lowest BCUT2D eigenvalue weighted by atomic mass is 10.0. The summed E-state index contributed by atoms with van der Waals surface area (Å²) in [6.07, 6.45) is 0. The first-order valence-corrected chi connectivity index (χ1v) is 7.80. The first-order chi connectivity index (χ1) is 12.0. The maximum Gasteiger partial charge on any atom is 0.221 e. The Morgan fingerprint density at radius 3 is 2.72 bits per heavy atom. The van der Waals surface area contributed by atoms with Crippen LogP contribution in [0, 0.1) is 18.3 Å². The van der Waals surface area contributed by atoms with Crippen molar-refractivity contribution in [3.63, 3.8) is 0 Å². The van der Waals surface area contributed by atoms with E-state index in [0.717, 1.165) is 22.2 Å². The molecule has 0 radical (unpaired) electrons. The van der Waals surface area contributed by atoms with Gasteiger partial charge in [0.05, 0.1) is 30.1 Å². The second-order valence-electron chi connectivity index (χ2n) is 5.74. The van der Waals surface area contributed by atoms with Crippen LogP contribution in [0.4, 0.5) is 5.69 Å². The third-order valence-electron chi connectivity index (χ3n) is 3.94. The molecular formula is C20H17N3O2. The van der Waals surface area contributed by atoms with E-state index in [1.54, 1.807) is 25.3 Å². The van der Waals surface area contributed by atoms with Crippen LogP contribution in [-0.4, -0.2) is 18.0 Å². The third-order valence-corrected chi connectivity index (χ3v) is 3.94. The number of ether oxygens (including phenoxy) is 1. The van der Waals surface area contributed by atoms with Crippen molar-refractivity contribution in [2.24, 2.45) is 0 Å². The zero-order valence-electron chi connectivity index (χ0n) is 14.3.